The van der Waals surface area contributed by atoms with E-state index in [0.29, 0.717) is 5.56 Å². The minimum absolute atomic E-state index is 0.0386. The molecule has 3 aliphatic rings. The number of rotatable bonds is 4. The molecule has 0 bridgehead atoms. The van der Waals surface area contributed by atoms with Gasteiger partial charge in [-0.1, -0.05) is 17.8 Å². The Morgan fingerprint density at radius 1 is 1.18 bits per heavy atom. The molecule has 0 radical (unpaired) electrons. The number of primary amides is 1. The van der Waals surface area contributed by atoms with Crippen molar-refractivity contribution in [1.29, 1.82) is 0 Å². The van der Waals surface area contributed by atoms with Crippen LogP contribution in [0.2, 0.25) is 0 Å². The highest BCUT2D eigenvalue weighted by atomic mass is 32.2. The number of nitrogens with two attached hydrogens (primary N) is 3. The molecule has 1 aromatic heterocycles. The lowest BCUT2D eigenvalue weighted by Crippen LogP contribution is -2.51. The zero-order valence-electron chi connectivity index (χ0n) is 19.9. The second kappa shape index (κ2) is 9.58. The topological polar surface area (TPSA) is 135 Å². The first-order chi connectivity index (χ1) is 17.9. The van der Waals surface area contributed by atoms with Crippen molar-refractivity contribution in [3.05, 3.63) is 63.6 Å². The first-order valence-corrected chi connectivity index (χ1v) is 12.7. The molecule has 0 saturated carbocycles. The lowest BCUT2D eigenvalue weighted by atomic mass is 9.92. The van der Waals surface area contributed by atoms with Gasteiger partial charge in [0.1, 0.15) is 22.7 Å². The van der Waals surface area contributed by atoms with Crippen molar-refractivity contribution in [3.8, 4) is 0 Å². The third-order valence-electron chi connectivity index (χ3n) is 7.10. The number of anilines is 2. The molecular weight excluding hydrogens is 531 g/mol. The standard InChI is InChI=1S/C24H25F5N6O2S/c25-13-2-1-3-14(26)17(13)23-35(20(21(31)37)22(32)38-23)15-7-33-18-12(4-5-16(18)36)19(15)34-8-10(24(27,28)29)6-11(30)9-34/h1-3,7,10-11,16,23,36H,4-6,8-9,30,32H2,(H2,31,37)/t10-,11+,16-,23?/m1/s1. The molecule has 2 aromatic rings. The van der Waals surface area contributed by atoms with Gasteiger partial charge < -0.3 is 32.1 Å². The number of thioether (sulfide) groups is 1. The van der Waals surface area contributed by atoms with Gasteiger partial charge in [-0.05, 0) is 31.4 Å². The summed E-state index contributed by atoms with van der Waals surface area (Å²) in [5.41, 5.74) is 18.2. The quantitative estimate of drug-likeness (QED) is 0.423. The molecule has 1 aliphatic carbocycles. The van der Waals surface area contributed by atoms with Crippen LogP contribution in [0.3, 0.4) is 0 Å². The molecule has 1 unspecified atom stereocenters. The Bertz CT molecular complexity index is 1300. The Hall–Kier alpha value is -3.10. The Labute approximate surface area is 218 Å². The summed E-state index contributed by atoms with van der Waals surface area (Å²) >= 11 is 0.783. The number of nitrogens with zero attached hydrogens (tertiary/aromatic N) is 3. The first kappa shape index (κ1) is 26.5. The number of halogens is 5. The van der Waals surface area contributed by atoms with Gasteiger partial charge in [-0.25, -0.2) is 8.78 Å². The monoisotopic (exact) mass is 556 g/mol. The smallest absolute Gasteiger partial charge is 0.392 e. The first-order valence-electron chi connectivity index (χ1n) is 11.8. The summed E-state index contributed by atoms with van der Waals surface area (Å²) in [6.45, 7) is -0.404. The van der Waals surface area contributed by atoms with Gasteiger partial charge in [0.2, 0.25) is 0 Å². The van der Waals surface area contributed by atoms with Crippen LogP contribution < -0.4 is 27.0 Å². The highest BCUT2D eigenvalue weighted by molar-refractivity contribution is 8.03. The fraction of sp³-hybridized carbons (Fsp3) is 0.417. The van der Waals surface area contributed by atoms with E-state index < -0.39 is 59.3 Å². The number of benzene rings is 1. The van der Waals surface area contributed by atoms with Crippen molar-refractivity contribution in [2.24, 2.45) is 23.1 Å². The van der Waals surface area contributed by atoms with Crippen molar-refractivity contribution in [3.63, 3.8) is 0 Å². The second-order valence-electron chi connectivity index (χ2n) is 9.60. The van der Waals surface area contributed by atoms with Gasteiger partial charge in [0.15, 0.2) is 0 Å². The predicted octanol–water partition coefficient (Wildman–Crippen LogP) is 2.92. The highest BCUT2D eigenvalue weighted by Crippen LogP contribution is 2.53. The Balaban J connectivity index is 1.73. The molecule has 204 valence electrons. The van der Waals surface area contributed by atoms with Crippen LogP contribution in [-0.2, 0) is 11.2 Å². The number of hydrogen-bond acceptors (Lipinski definition) is 8. The molecule has 7 N–H and O–H groups in total. The summed E-state index contributed by atoms with van der Waals surface area (Å²) in [7, 11) is 0. The molecule has 1 aromatic carbocycles. The van der Waals surface area contributed by atoms with Crippen LogP contribution in [0.4, 0.5) is 33.3 Å². The van der Waals surface area contributed by atoms with Crippen LogP contribution in [-0.4, -0.2) is 41.3 Å². The normalized spacial score (nSPS) is 25.8. The fourth-order valence-corrected chi connectivity index (χ4v) is 6.69. The van der Waals surface area contributed by atoms with E-state index in [0.717, 1.165) is 23.9 Å². The molecule has 2 aliphatic heterocycles. The molecule has 1 amide bonds. The van der Waals surface area contributed by atoms with Gasteiger partial charge in [-0.15, -0.1) is 0 Å². The number of aromatic nitrogens is 1. The number of hydrogen-bond donors (Lipinski definition) is 4. The van der Waals surface area contributed by atoms with E-state index in [1.165, 1.54) is 22.1 Å². The number of carbonyl (C=O) groups is 1. The summed E-state index contributed by atoms with van der Waals surface area (Å²) in [5.74, 6) is -4.55. The second-order valence-corrected chi connectivity index (χ2v) is 10.7. The van der Waals surface area contributed by atoms with E-state index in [9.17, 15) is 31.9 Å². The van der Waals surface area contributed by atoms with Gasteiger partial charge in [0.25, 0.3) is 5.91 Å². The van der Waals surface area contributed by atoms with Gasteiger partial charge in [-0.2, -0.15) is 13.2 Å². The zero-order valence-corrected chi connectivity index (χ0v) is 20.7. The van der Waals surface area contributed by atoms with E-state index in [4.69, 9.17) is 17.2 Å². The number of alkyl halides is 3. The van der Waals surface area contributed by atoms with E-state index in [1.54, 1.807) is 0 Å². The van der Waals surface area contributed by atoms with Crippen molar-refractivity contribution >= 4 is 29.0 Å². The maximum atomic E-state index is 15.0. The average Bonchev–Trinajstić information content (AvgIpc) is 3.37. The molecule has 1 saturated heterocycles. The molecule has 38 heavy (non-hydrogen) atoms. The van der Waals surface area contributed by atoms with Gasteiger partial charge >= 0.3 is 6.18 Å². The molecular formula is C24H25F5N6O2S. The van der Waals surface area contributed by atoms with E-state index in [1.807, 2.05) is 0 Å². The van der Waals surface area contributed by atoms with E-state index in [-0.39, 0.29) is 53.6 Å². The highest BCUT2D eigenvalue weighted by Gasteiger charge is 2.47. The Morgan fingerprint density at radius 2 is 1.87 bits per heavy atom. The molecule has 4 atom stereocenters. The van der Waals surface area contributed by atoms with Crippen LogP contribution in [0.25, 0.3) is 0 Å². The molecule has 3 heterocycles. The Kier molecular flexibility index (Phi) is 6.68. The number of pyridine rings is 1. The largest absolute Gasteiger partial charge is 0.393 e. The van der Waals surface area contributed by atoms with Crippen LogP contribution in [0.1, 0.15) is 41.1 Å². The van der Waals surface area contributed by atoms with Gasteiger partial charge in [0.05, 0.1) is 45.9 Å². The molecule has 0 spiro atoms. The number of piperidine rings is 1. The number of carbonyl (C=O) groups excluding carboxylic acids is 1. The van der Waals surface area contributed by atoms with Crippen LogP contribution >= 0.6 is 11.8 Å². The number of fused-ring (bicyclic) bond motifs is 1. The maximum Gasteiger partial charge on any atom is 0.393 e. The predicted molar refractivity (Wildman–Crippen MR) is 131 cm³/mol. The van der Waals surface area contributed by atoms with Crippen molar-refractivity contribution in [2.45, 2.75) is 43.0 Å². The van der Waals surface area contributed by atoms with E-state index in [2.05, 4.69) is 4.98 Å². The van der Waals surface area contributed by atoms with E-state index >= 15 is 0 Å². The summed E-state index contributed by atoms with van der Waals surface area (Å²) in [6.07, 6.45) is -3.91. The SMILES string of the molecule is NC(=O)C1=C(N)SC(c2c(F)cccc2F)N1c1cnc2c(c1N1C[C@@H](N)C[C@@H](C(F)(F)F)C1)CC[C@H]2O. The minimum Gasteiger partial charge on any atom is -0.392 e. The number of aliphatic hydroxyl groups is 1. The van der Waals surface area contributed by atoms with Gasteiger partial charge in [-0.3, -0.25) is 9.78 Å². The number of amides is 1. The maximum absolute atomic E-state index is 15.0. The van der Waals surface area contributed by atoms with Crippen molar-refractivity contribution in [2.75, 3.05) is 22.9 Å². The van der Waals surface area contributed by atoms with Crippen molar-refractivity contribution < 1.29 is 31.9 Å². The summed E-state index contributed by atoms with van der Waals surface area (Å²) < 4.78 is 71.3. The third-order valence-corrected chi connectivity index (χ3v) is 8.21. The third kappa shape index (κ3) is 4.43. The molecule has 5 rings (SSSR count). The minimum atomic E-state index is -4.52. The average molecular weight is 557 g/mol. The van der Waals surface area contributed by atoms with Crippen LogP contribution in [0, 0.1) is 17.6 Å². The summed E-state index contributed by atoms with van der Waals surface area (Å²) in [5, 5.41) is 9.11. The summed E-state index contributed by atoms with van der Waals surface area (Å²) in [4.78, 5) is 19.6. The zero-order chi connectivity index (χ0) is 27.5. The van der Waals surface area contributed by atoms with Crippen LogP contribution in [0.15, 0.2) is 35.1 Å². The molecule has 1 fully saturated rings. The lowest BCUT2D eigenvalue weighted by molar-refractivity contribution is -0.177. The van der Waals surface area contributed by atoms with Gasteiger partial charge in [0, 0.05) is 24.7 Å². The Morgan fingerprint density at radius 3 is 2.50 bits per heavy atom. The summed E-state index contributed by atoms with van der Waals surface area (Å²) in [6, 6.07) is 2.44. The number of aliphatic hydroxyl groups excluding tert-OH is 1. The molecule has 8 nitrogen and oxygen atoms in total. The van der Waals surface area contributed by atoms with Crippen LogP contribution in [0.5, 0.6) is 0 Å². The fourth-order valence-electron chi connectivity index (χ4n) is 5.47. The lowest BCUT2D eigenvalue weighted by Gasteiger charge is -2.41. The van der Waals surface area contributed by atoms with Crippen molar-refractivity contribution in [1.82, 2.24) is 4.98 Å². The molecule has 14 heteroatoms.